The summed E-state index contributed by atoms with van der Waals surface area (Å²) in [6.07, 6.45) is 12.3. The average molecular weight is 651 g/mol. The fraction of sp³-hybridized carbons (Fsp3) is 0.639. The van der Waals surface area contributed by atoms with Crippen LogP contribution < -0.4 is 0 Å². The molecular formula is C36H58O10. The molecule has 0 aliphatic carbocycles. The highest BCUT2D eigenvalue weighted by Crippen LogP contribution is 2.22. The Kier molecular flexibility index (Phi) is 21.6. The van der Waals surface area contributed by atoms with Crippen molar-refractivity contribution in [1.29, 1.82) is 0 Å². The molecule has 0 fully saturated rings. The summed E-state index contributed by atoms with van der Waals surface area (Å²) in [6, 6.07) is 0. The smallest absolute Gasteiger partial charge is 0.331 e. The molecule has 0 radical (unpaired) electrons. The van der Waals surface area contributed by atoms with Gasteiger partial charge in [-0.25, -0.2) is 4.79 Å². The van der Waals surface area contributed by atoms with Gasteiger partial charge in [-0.3, -0.25) is 0 Å². The number of ether oxygens (including phenoxy) is 1. The van der Waals surface area contributed by atoms with Crippen LogP contribution in [0.15, 0.2) is 72.9 Å². The number of rotatable bonds is 2. The molecule has 0 bridgehead atoms. The minimum Gasteiger partial charge on any atom is -0.458 e. The fourth-order valence-corrected chi connectivity index (χ4v) is 5.31. The number of allylic oxidation sites excluding steroid dienone is 8. The summed E-state index contributed by atoms with van der Waals surface area (Å²) in [4.78, 5) is 12.5. The predicted octanol–water partition coefficient (Wildman–Crippen LogP) is 2.94. The van der Waals surface area contributed by atoms with Crippen molar-refractivity contribution >= 4 is 5.97 Å². The predicted molar refractivity (Wildman–Crippen MR) is 178 cm³/mol. The Bertz CT molecular complexity index is 1000. The third kappa shape index (κ3) is 20.0. The monoisotopic (exact) mass is 650 g/mol. The van der Waals surface area contributed by atoms with E-state index in [1.165, 1.54) is 12.2 Å². The Morgan fingerprint density at radius 1 is 0.630 bits per heavy atom. The standard InChI is InChI=1S/C36H58O10/c1-4-25(2)36-26(3)16-17-28(38)19-30(40)21-32(42)23-34(44)24-33(43)22-31(41)20-29(39)18-27(37)14-12-10-8-6-5-7-9-11-13-15-35(45)46-36/h5-13,15-17,25-34,36-44H,4,14,18-24H2,1-3H3/b7-5+,8-6+,11-9+,12-10-,15-13+,17-16+. The van der Waals surface area contributed by atoms with Gasteiger partial charge in [0.25, 0.3) is 0 Å². The van der Waals surface area contributed by atoms with E-state index in [-0.39, 0.29) is 56.8 Å². The lowest BCUT2D eigenvalue weighted by Gasteiger charge is -2.27. The molecule has 8 N–H and O–H groups in total. The molecule has 10 nitrogen and oxygen atoms in total. The van der Waals surface area contributed by atoms with Gasteiger partial charge in [0, 0.05) is 18.4 Å². The van der Waals surface area contributed by atoms with Crippen molar-refractivity contribution in [3.8, 4) is 0 Å². The second-order valence-corrected chi connectivity index (χ2v) is 12.5. The highest BCUT2D eigenvalue weighted by atomic mass is 16.5. The van der Waals surface area contributed by atoms with Crippen LogP contribution in [0.1, 0.15) is 78.6 Å². The molecule has 10 heteroatoms. The summed E-state index contributed by atoms with van der Waals surface area (Å²) >= 11 is 0. The van der Waals surface area contributed by atoms with E-state index in [0.29, 0.717) is 6.42 Å². The maximum Gasteiger partial charge on any atom is 0.331 e. The minimum atomic E-state index is -1.10. The van der Waals surface area contributed by atoms with Crippen molar-refractivity contribution in [3.05, 3.63) is 72.9 Å². The van der Waals surface area contributed by atoms with Crippen LogP contribution in [0.3, 0.4) is 0 Å². The maximum atomic E-state index is 12.5. The zero-order chi connectivity index (χ0) is 34.5. The molecule has 46 heavy (non-hydrogen) atoms. The molecule has 1 aliphatic rings. The van der Waals surface area contributed by atoms with Gasteiger partial charge in [-0.1, -0.05) is 94.0 Å². The van der Waals surface area contributed by atoms with Gasteiger partial charge in [0.15, 0.2) is 0 Å². The van der Waals surface area contributed by atoms with Crippen molar-refractivity contribution in [2.45, 2.75) is 133 Å². The molecule has 1 heterocycles. The van der Waals surface area contributed by atoms with Crippen molar-refractivity contribution in [1.82, 2.24) is 0 Å². The highest BCUT2D eigenvalue weighted by Gasteiger charge is 2.26. The molecular weight excluding hydrogens is 592 g/mol. The van der Waals surface area contributed by atoms with Gasteiger partial charge in [0.05, 0.1) is 48.8 Å². The van der Waals surface area contributed by atoms with Crippen LogP contribution in [0, 0.1) is 11.8 Å². The average Bonchev–Trinajstić information content (AvgIpc) is 2.95. The van der Waals surface area contributed by atoms with Gasteiger partial charge in [0.2, 0.25) is 0 Å². The lowest BCUT2D eigenvalue weighted by molar-refractivity contribution is -0.147. The van der Waals surface area contributed by atoms with Crippen LogP contribution in [0.4, 0.5) is 0 Å². The van der Waals surface area contributed by atoms with Crippen molar-refractivity contribution in [2.75, 3.05) is 0 Å². The lowest BCUT2D eigenvalue weighted by atomic mass is 9.90. The number of hydrogen-bond donors (Lipinski definition) is 8. The number of esters is 1. The molecule has 0 amide bonds. The van der Waals surface area contributed by atoms with E-state index in [0.717, 1.165) is 6.42 Å². The number of aliphatic hydroxyl groups excluding tert-OH is 8. The molecule has 262 valence electrons. The third-order valence-electron chi connectivity index (χ3n) is 7.94. The van der Waals surface area contributed by atoms with Crippen LogP contribution in [-0.2, 0) is 9.53 Å². The summed E-state index contributed by atoms with van der Waals surface area (Å²) < 4.78 is 5.73. The van der Waals surface area contributed by atoms with E-state index in [2.05, 4.69) is 0 Å². The van der Waals surface area contributed by atoms with Gasteiger partial charge in [0.1, 0.15) is 6.10 Å². The van der Waals surface area contributed by atoms with Gasteiger partial charge < -0.3 is 45.6 Å². The molecule has 1 rings (SSSR count). The van der Waals surface area contributed by atoms with Gasteiger partial charge >= 0.3 is 5.97 Å². The van der Waals surface area contributed by atoms with E-state index in [9.17, 15) is 45.6 Å². The first-order valence-corrected chi connectivity index (χ1v) is 16.5. The lowest BCUT2D eigenvalue weighted by Crippen LogP contribution is -2.30. The van der Waals surface area contributed by atoms with Crippen LogP contribution in [0.25, 0.3) is 0 Å². The second kappa shape index (κ2) is 23.8. The number of cyclic esters (lactones) is 1. The van der Waals surface area contributed by atoms with E-state index >= 15 is 0 Å². The summed E-state index contributed by atoms with van der Waals surface area (Å²) in [5.41, 5.74) is 0. The molecule has 11 atom stereocenters. The minimum absolute atomic E-state index is 0.0475. The largest absolute Gasteiger partial charge is 0.458 e. The maximum absolute atomic E-state index is 12.5. The first-order chi connectivity index (χ1) is 21.8. The Balaban J connectivity index is 2.97. The number of hydrogen-bond acceptors (Lipinski definition) is 10. The summed E-state index contributed by atoms with van der Waals surface area (Å²) in [5, 5.41) is 82.6. The fourth-order valence-electron chi connectivity index (χ4n) is 5.31. The third-order valence-corrected chi connectivity index (χ3v) is 7.94. The molecule has 0 aromatic carbocycles. The molecule has 1 aliphatic heterocycles. The Hall–Kier alpha value is -2.41. The van der Waals surface area contributed by atoms with Crippen molar-refractivity contribution in [2.24, 2.45) is 11.8 Å². The number of aliphatic hydroxyl groups is 8. The normalized spacial score (nSPS) is 39.3. The molecule has 0 aromatic heterocycles. The first-order valence-electron chi connectivity index (χ1n) is 16.5. The summed E-state index contributed by atoms with van der Waals surface area (Å²) in [6.45, 7) is 5.87. The van der Waals surface area contributed by atoms with Crippen LogP contribution in [0.5, 0.6) is 0 Å². The zero-order valence-corrected chi connectivity index (χ0v) is 27.5. The van der Waals surface area contributed by atoms with Crippen molar-refractivity contribution in [3.63, 3.8) is 0 Å². The van der Waals surface area contributed by atoms with Gasteiger partial charge in [-0.05, 0) is 50.9 Å². The topological polar surface area (TPSA) is 188 Å². The Morgan fingerprint density at radius 2 is 1.04 bits per heavy atom. The van der Waals surface area contributed by atoms with Gasteiger partial charge in [-0.15, -0.1) is 0 Å². The Labute approximate surface area is 274 Å². The number of carbonyl (C=O) groups is 1. The van der Waals surface area contributed by atoms with Crippen LogP contribution in [0.2, 0.25) is 0 Å². The quantitative estimate of drug-likeness (QED) is 0.163. The first kappa shape index (κ1) is 41.6. The van der Waals surface area contributed by atoms with Crippen molar-refractivity contribution < 1.29 is 50.4 Å². The van der Waals surface area contributed by atoms with E-state index in [1.54, 1.807) is 60.8 Å². The summed E-state index contributed by atoms with van der Waals surface area (Å²) in [5.74, 6) is -0.648. The molecule has 0 aromatic rings. The van der Waals surface area contributed by atoms with Gasteiger partial charge in [-0.2, -0.15) is 0 Å². The highest BCUT2D eigenvalue weighted by molar-refractivity contribution is 5.82. The SMILES string of the molecule is CCC(C)C1OC(=O)/C=C/C=C/C=C/C=C/C=C\CC(O)CC(O)CC(O)CC(O)CC(O)CC(O)CC(O)CC(O)/C=C/C1C. The number of carbonyl (C=O) groups excluding carboxylic acids is 1. The van der Waals surface area contributed by atoms with E-state index in [1.807, 2.05) is 20.8 Å². The summed E-state index contributed by atoms with van der Waals surface area (Å²) in [7, 11) is 0. The van der Waals surface area contributed by atoms with E-state index < -0.39 is 60.9 Å². The Morgan fingerprint density at radius 3 is 1.52 bits per heavy atom. The molecule has 0 spiro atoms. The molecule has 0 saturated carbocycles. The molecule has 11 unspecified atom stereocenters. The van der Waals surface area contributed by atoms with Crippen LogP contribution in [-0.4, -0.2) is 102 Å². The van der Waals surface area contributed by atoms with Crippen LogP contribution >= 0.6 is 0 Å². The van der Waals surface area contributed by atoms with E-state index in [4.69, 9.17) is 4.74 Å². The zero-order valence-electron chi connectivity index (χ0n) is 27.5. The molecule has 0 saturated heterocycles. The second-order valence-electron chi connectivity index (χ2n) is 12.5.